The molecule has 1 aliphatic heterocycles. The molecule has 28 heavy (non-hydrogen) atoms. The first-order chi connectivity index (χ1) is 13.7. The van der Waals surface area contributed by atoms with Gasteiger partial charge in [-0.2, -0.15) is 4.98 Å². The van der Waals surface area contributed by atoms with E-state index in [0.717, 1.165) is 55.0 Å². The van der Waals surface area contributed by atoms with Crippen LogP contribution < -0.4 is 19.7 Å². The van der Waals surface area contributed by atoms with Crippen LogP contribution in [0.15, 0.2) is 30.5 Å². The number of rotatable bonds is 8. The Morgan fingerprint density at radius 2 is 1.93 bits per heavy atom. The quantitative estimate of drug-likeness (QED) is 0.707. The molecule has 8 nitrogen and oxygen atoms in total. The van der Waals surface area contributed by atoms with Gasteiger partial charge in [-0.1, -0.05) is 0 Å². The highest BCUT2D eigenvalue weighted by Gasteiger charge is 2.28. The molecule has 1 unspecified atom stereocenters. The first kappa shape index (κ1) is 20.2. The van der Waals surface area contributed by atoms with E-state index in [0.29, 0.717) is 6.42 Å². The Balaban J connectivity index is 1.74. The van der Waals surface area contributed by atoms with E-state index < -0.39 is 0 Å². The van der Waals surface area contributed by atoms with Crippen molar-refractivity contribution in [2.75, 3.05) is 57.7 Å². The van der Waals surface area contributed by atoms with E-state index >= 15 is 0 Å². The minimum absolute atomic E-state index is 0.147. The standard InChI is InChI=1S/C20H29N5O3/c1-21-19-4-6-22-20(23-19)25-8-7-24(16(14-25)5-9-26)13-15-10-17(27-2)12-18(11-15)28-3/h4,6,10-12,16,26H,5,7-9,13-14H2,1-3H3,(H,21,22,23). The topological polar surface area (TPSA) is 83.0 Å². The molecular formula is C20H29N5O3. The van der Waals surface area contributed by atoms with Gasteiger partial charge in [0.05, 0.1) is 14.2 Å². The van der Waals surface area contributed by atoms with Gasteiger partial charge in [0.25, 0.3) is 0 Å². The van der Waals surface area contributed by atoms with E-state index in [1.54, 1.807) is 20.4 Å². The zero-order chi connectivity index (χ0) is 19.9. The average molecular weight is 387 g/mol. The number of hydrogen-bond acceptors (Lipinski definition) is 8. The first-order valence-electron chi connectivity index (χ1n) is 9.49. The number of anilines is 2. The van der Waals surface area contributed by atoms with Crippen molar-refractivity contribution < 1.29 is 14.6 Å². The highest BCUT2D eigenvalue weighted by atomic mass is 16.5. The first-order valence-corrected chi connectivity index (χ1v) is 9.49. The highest BCUT2D eigenvalue weighted by molar-refractivity contribution is 5.41. The molecule has 2 aromatic rings. The molecule has 3 rings (SSSR count). The number of methoxy groups -OCH3 is 2. The molecular weight excluding hydrogens is 358 g/mol. The number of hydrogen-bond donors (Lipinski definition) is 2. The number of benzene rings is 1. The molecule has 0 bridgehead atoms. The van der Waals surface area contributed by atoms with Crippen molar-refractivity contribution >= 4 is 11.8 Å². The summed E-state index contributed by atoms with van der Waals surface area (Å²) in [4.78, 5) is 13.6. The van der Waals surface area contributed by atoms with E-state index in [1.165, 1.54) is 0 Å². The second-order valence-electron chi connectivity index (χ2n) is 6.80. The van der Waals surface area contributed by atoms with Gasteiger partial charge in [-0.15, -0.1) is 0 Å². The summed E-state index contributed by atoms with van der Waals surface area (Å²) in [6.07, 6.45) is 2.47. The molecule has 1 aliphatic rings. The molecule has 0 spiro atoms. The molecule has 1 atom stereocenters. The normalized spacial score (nSPS) is 17.4. The van der Waals surface area contributed by atoms with Crippen LogP contribution in [0.5, 0.6) is 11.5 Å². The summed E-state index contributed by atoms with van der Waals surface area (Å²) in [5.74, 6) is 3.08. The van der Waals surface area contributed by atoms with Crippen LogP contribution in [0.4, 0.5) is 11.8 Å². The lowest BCUT2D eigenvalue weighted by Crippen LogP contribution is -2.53. The van der Waals surface area contributed by atoms with Gasteiger partial charge in [-0.05, 0) is 30.2 Å². The van der Waals surface area contributed by atoms with Crippen molar-refractivity contribution in [1.82, 2.24) is 14.9 Å². The fourth-order valence-corrected chi connectivity index (χ4v) is 3.54. The Bertz CT molecular complexity index is 751. The van der Waals surface area contributed by atoms with Crippen molar-refractivity contribution in [3.05, 3.63) is 36.0 Å². The summed E-state index contributed by atoms with van der Waals surface area (Å²) in [5, 5.41) is 12.6. The Morgan fingerprint density at radius 3 is 2.57 bits per heavy atom. The zero-order valence-corrected chi connectivity index (χ0v) is 16.8. The van der Waals surface area contributed by atoms with Gasteiger partial charge in [0.1, 0.15) is 17.3 Å². The molecule has 8 heteroatoms. The van der Waals surface area contributed by atoms with Gasteiger partial charge in [-0.25, -0.2) is 4.98 Å². The molecule has 1 aromatic heterocycles. The number of aliphatic hydroxyl groups is 1. The molecule has 2 N–H and O–H groups in total. The van der Waals surface area contributed by atoms with Gasteiger partial charge in [0.2, 0.25) is 5.95 Å². The van der Waals surface area contributed by atoms with Crippen molar-refractivity contribution in [3.63, 3.8) is 0 Å². The Hall–Kier alpha value is -2.58. The lowest BCUT2D eigenvalue weighted by molar-refractivity contribution is 0.134. The maximum absolute atomic E-state index is 9.58. The van der Waals surface area contributed by atoms with Crippen LogP contribution in [0.1, 0.15) is 12.0 Å². The third kappa shape index (κ3) is 4.82. The molecule has 0 aliphatic carbocycles. The van der Waals surface area contributed by atoms with E-state index in [4.69, 9.17) is 9.47 Å². The summed E-state index contributed by atoms with van der Waals surface area (Å²) in [6.45, 7) is 3.37. The van der Waals surface area contributed by atoms with Gasteiger partial charge in [-0.3, -0.25) is 4.90 Å². The summed E-state index contributed by atoms with van der Waals surface area (Å²) in [7, 11) is 5.16. The van der Waals surface area contributed by atoms with Crippen LogP contribution in [0.3, 0.4) is 0 Å². The Labute approximate surface area is 166 Å². The van der Waals surface area contributed by atoms with Crippen molar-refractivity contribution in [3.8, 4) is 11.5 Å². The van der Waals surface area contributed by atoms with Crippen molar-refractivity contribution in [2.24, 2.45) is 0 Å². The van der Waals surface area contributed by atoms with E-state index in [1.807, 2.05) is 31.3 Å². The maximum atomic E-state index is 9.58. The molecule has 0 saturated carbocycles. The van der Waals surface area contributed by atoms with Crippen LogP contribution in [-0.4, -0.2) is 73.5 Å². The van der Waals surface area contributed by atoms with E-state index in [2.05, 4.69) is 25.1 Å². The fourth-order valence-electron chi connectivity index (χ4n) is 3.54. The minimum Gasteiger partial charge on any atom is -0.497 e. The number of aromatic nitrogens is 2. The fraction of sp³-hybridized carbons (Fsp3) is 0.500. The number of aliphatic hydroxyl groups excluding tert-OH is 1. The predicted molar refractivity (Wildman–Crippen MR) is 109 cm³/mol. The van der Waals surface area contributed by atoms with Crippen LogP contribution in [0.2, 0.25) is 0 Å². The lowest BCUT2D eigenvalue weighted by Gasteiger charge is -2.41. The van der Waals surface area contributed by atoms with E-state index in [9.17, 15) is 5.11 Å². The molecule has 1 saturated heterocycles. The minimum atomic E-state index is 0.147. The number of ether oxygens (including phenoxy) is 2. The van der Waals surface area contributed by atoms with Gasteiger partial charge in [0, 0.05) is 58.1 Å². The largest absolute Gasteiger partial charge is 0.497 e. The SMILES string of the molecule is CNc1ccnc(N2CCN(Cc3cc(OC)cc(OC)c3)C(CCO)C2)n1. The molecule has 0 amide bonds. The second-order valence-corrected chi connectivity index (χ2v) is 6.80. The predicted octanol–water partition coefficient (Wildman–Crippen LogP) is 1.61. The van der Waals surface area contributed by atoms with Crippen LogP contribution in [0.25, 0.3) is 0 Å². The van der Waals surface area contributed by atoms with E-state index in [-0.39, 0.29) is 12.6 Å². The van der Waals surface area contributed by atoms with Crippen molar-refractivity contribution in [1.29, 1.82) is 0 Å². The second kappa shape index (κ2) is 9.57. The number of nitrogens with one attached hydrogen (secondary N) is 1. The van der Waals surface area contributed by atoms with Crippen molar-refractivity contribution in [2.45, 2.75) is 19.0 Å². The van der Waals surface area contributed by atoms with Crippen LogP contribution in [0, 0.1) is 0 Å². The molecule has 152 valence electrons. The summed E-state index contributed by atoms with van der Waals surface area (Å²) in [6, 6.07) is 7.99. The smallest absolute Gasteiger partial charge is 0.227 e. The number of nitrogens with zero attached hydrogens (tertiary/aromatic N) is 4. The van der Waals surface area contributed by atoms with Crippen LogP contribution in [-0.2, 0) is 6.54 Å². The highest BCUT2D eigenvalue weighted by Crippen LogP contribution is 2.26. The molecule has 1 aromatic carbocycles. The Kier molecular flexibility index (Phi) is 6.89. The van der Waals surface area contributed by atoms with Gasteiger partial charge < -0.3 is 24.8 Å². The number of piperazine rings is 1. The monoisotopic (exact) mass is 387 g/mol. The Morgan fingerprint density at radius 1 is 1.18 bits per heavy atom. The third-order valence-electron chi connectivity index (χ3n) is 5.05. The zero-order valence-electron chi connectivity index (χ0n) is 16.8. The van der Waals surface area contributed by atoms with Crippen LogP contribution >= 0.6 is 0 Å². The summed E-state index contributed by atoms with van der Waals surface area (Å²) >= 11 is 0. The summed E-state index contributed by atoms with van der Waals surface area (Å²) in [5.41, 5.74) is 1.13. The summed E-state index contributed by atoms with van der Waals surface area (Å²) < 4.78 is 10.8. The molecule has 2 heterocycles. The van der Waals surface area contributed by atoms with Gasteiger partial charge in [0.15, 0.2) is 0 Å². The lowest BCUT2D eigenvalue weighted by atomic mass is 10.1. The molecule has 1 fully saturated rings. The maximum Gasteiger partial charge on any atom is 0.227 e. The average Bonchev–Trinajstić information content (AvgIpc) is 2.74. The third-order valence-corrected chi connectivity index (χ3v) is 5.05. The molecule has 0 radical (unpaired) electrons. The van der Waals surface area contributed by atoms with Gasteiger partial charge >= 0.3 is 0 Å².